The molecule has 3 saturated heterocycles. The minimum absolute atomic E-state index is 0.0478. The van der Waals surface area contributed by atoms with E-state index in [1.54, 1.807) is 0 Å². The summed E-state index contributed by atoms with van der Waals surface area (Å²) in [6.07, 6.45) is -7.88. The third-order valence-electron chi connectivity index (χ3n) is 17.8. The summed E-state index contributed by atoms with van der Waals surface area (Å²) in [5.74, 6) is -0.211. The van der Waals surface area contributed by atoms with Gasteiger partial charge in [-0.15, -0.1) is 0 Å². The Kier molecular flexibility index (Phi) is 9.90. The molecule has 0 bridgehead atoms. The van der Waals surface area contributed by atoms with Crippen LogP contribution in [0, 0.1) is 50.7 Å². The van der Waals surface area contributed by atoms with Crippen LogP contribution in [0.3, 0.4) is 0 Å². The van der Waals surface area contributed by atoms with E-state index in [0.29, 0.717) is 32.3 Å². The first kappa shape index (κ1) is 41.2. The highest BCUT2D eigenvalue weighted by Gasteiger charge is 2.85. The SMILES string of the molecule is CC(C)(O)C1COC(C)(C2C(O)CC3(C)C4CC(OC5OCC(O)C(O)C5O)C5C(C)(C)C(OC6OC(CO)C(O)C(O)C6O)CCC56CC46CCC23C)C1. The number of fused-ring (bicyclic) bond motifs is 2. The number of aliphatic hydroxyl groups is 9. The van der Waals surface area contributed by atoms with Crippen molar-refractivity contribution < 1.29 is 69.6 Å². The minimum atomic E-state index is -1.57. The van der Waals surface area contributed by atoms with Crippen LogP contribution in [-0.4, -0.2) is 151 Å². The molecule has 5 aliphatic carbocycles. The molecular formula is C41H68O14. The highest BCUT2D eigenvalue weighted by atomic mass is 16.7. The maximum Gasteiger partial charge on any atom is 0.186 e. The molecule has 316 valence electrons. The van der Waals surface area contributed by atoms with E-state index in [4.69, 9.17) is 23.7 Å². The number of hydrogen-bond acceptors (Lipinski definition) is 14. The number of hydrogen-bond donors (Lipinski definition) is 9. The lowest BCUT2D eigenvalue weighted by molar-refractivity contribution is -0.338. The summed E-state index contributed by atoms with van der Waals surface area (Å²) < 4.78 is 31.7. The molecule has 8 rings (SSSR count). The molecule has 14 nitrogen and oxygen atoms in total. The standard InChI is InChI=1S/C41H68O14/c1-35(2)25(55-34-30(49)28(47)27(46)23(15-42)54-34)8-9-41-18-40(41)11-10-37(5)31(39(7)13-19(16-52-39)36(3,4)50)20(43)14-38(37,6)24(40)12-22(32(35)41)53-33-29(48)26(45)21(44)17-51-33/h19-34,42-50H,8-18H2,1-7H3. The zero-order valence-electron chi connectivity index (χ0n) is 33.6. The Balaban J connectivity index is 1.14. The quantitative estimate of drug-likeness (QED) is 0.161. The van der Waals surface area contributed by atoms with Crippen molar-refractivity contribution in [3.63, 3.8) is 0 Å². The van der Waals surface area contributed by atoms with Gasteiger partial charge in [-0.1, -0.05) is 27.7 Å². The van der Waals surface area contributed by atoms with E-state index < -0.39 is 96.8 Å². The second-order valence-corrected chi connectivity index (χ2v) is 21.1. The lowest BCUT2D eigenvalue weighted by Crippen LogP contribution is -2.65. The van der Waals surface area contributed by atoms with Crippen molar-refractivity contribution in [3.05, 3.63) is 0 Å². The van der Waals surface area contributed by atoms with Crippen LogP contribution >= 0.6 is 0 Å². The van der Waals surface area contributed by atoms with Crippen LogP contribution in [0.4, 0.5) is 0 Å². The van der Waals surface area contributed by atoms with Gasteiger partial charge in [-0.3, -0.25) is 0 Å². The predicted molar refractivity (Wildman–Crippen MR) is 194 cm³/mol. The van der Waals surface area contributed by atoms with E-state index in [2.05, 4.69) is 34.6 Å². The molecule has 2 spiro atoms. The molecule has 0 aromatic heterocycles. The third kappa shape index (κ3) is 5.70. The van der Waals surface area contributed by atoms with Gasteiger partial charge in [-0.05, 0) is 111 Å². The molecule has 0 amide bonds. The van der Waals surface area contributed by atoms with E-state index in [-0.39, 0.29) is 51.9 Å². The molecule has 8 fully saturated rings. The number of ether oxygens (including phenoxy) is 5. The van der Waals surface area contributed by atoms with E-state index in [0.717, 1.165) is 25.7 Å². The fourth-order valence-electron chi connectivity index (χ4n) is 14.9. The highest BCUT2D eigenvalue weighted by Crippen LogP contribution is 2.89. The van der Waals surface area contributed by atoms with Crippen LogP contribution in [0.1, 0.15) is 99.8 Å². The average molecular weight is 785 g/mol. The van der Waals surface area contributed by atoms with Crippen LogP contribution in [0.25, 0.3) is 0 Å². The van der Waals surface area contributed by atoms with Crippen LogP contribution in [0.5, 0.6) is 0 Å². The van der Waals surface area contributed by atoms with Gasteiger partial charge < -0.3 is 69.6 Å². The Morgan fingerprint density at radius 2 is 1.40 bits per heavy atom. The van der Waals surface area contributed by atoms with Gasteiger partial charge in [0.05, 0.1) is 49.3 Å². The molecule has 9 N–H and O–H groups in total. The first-order chi connectivity index (χ1) is 25.5. The van der Waals surface area contributed by atoms with Gasteiger partial charge in [-0.25, -0.2) is 0 Å². The van der Waals surface area contributed by atoms with Crippen molar-refractivity contribution in [2.24, 2.45) is 50.7 Å². The zero-order valence-corrected chi connectivity index (χ0v) is 33.6. The van der Waals surface area contributed by atoms with E-state index in [1.165, 1.54) is 0 Å². The molecule has 8 aliphatic rings. The summed E-state index contributed by atoms with van der Waals surface area (Å²) in [7, 11) is 0. The third-order valence-corrected chi connectivity index (χ3v) is 17.8. The zero-order chi connectivity index (χ0) is 40.1. The normalized spacial score (nSPS) is 58.7. The van der Waals surface area contributed by atoms with Crippen LogP contribution < -0.4 is 0 Å². The second kappa shape index (κ2) is 13.2. The summed E-state index contributed by atoms with van der Waals surface area (Å²) in [6.45, 7) is 14.4. The maximum absolute atomic E-state index is 12.2. The van der Waals surface area contributed by atoms with Gasteiger partial charge in [0.2, 0.25) is 0 Å². The fourth-order valence-corrected chi connectivity index (χ4v) is 14.9. The lowest BCUT2D eigenvalue weighted by atomic mass is 9.41. The van der Waals surface area contributed by atoms with Gasteiger partial charge in [0.25, 0.3) is 0 Å². The number of aliphatic hydroxyl groups excluding tert-OH is 8. The van der Waals surface area contributed by atoms with Crippen molar-refractivity contribution in [3.8, 4) is 0 Å². The van der Waals surface area contributed by atoms with E-state index in [1.807, 2.05) is 13.8 Å². The summed E-state index contributed by atoms with van der Waals surface area (Å²) in [6, 6.07) is 0. The maximum atomic E-state index is 12.2. The summed E-state index contributed by atoms with van der Waals surface area (Å²) in [5.41, 5.74) is -3.00. The van der Waals surface area contributed by atoms with Gasteiger partial charge in [0.1, 0.15) is 42.7 Å². The first-order valence-electron chi connectivity index (χ1n) is 20.8. The smallest absolute Gasteiger partial charge is 0.186 e. The van der Waals surface area contributed by atoms with Crippen LogP contribution in [-0.2, 0) is 23.7 Å². The van der Waals surface area contributed by atoms with Crippen LogP contribution in [0.2, 0.25) is 0 Å². The second-order valence-electron chi connectivity index (χ2n) is 21.1. The van der Waals surface area contributed by atoms with Crippen molar-refractivity contribution in [1.29, 1.82) is 0 Å². The molecule has 21 unspecified atom stereocenters. The van der Waals surface area contributed by atoms with Crippen molar-refractivity contribution >= 4 is 0 Å². The van der Waals surface area contributed by atoms with Gasteiger partial charge in [0, 0.05) is 11.8 Å². The highest BCUT2D eigenvalue weighted by molar-refractivity contribution is 5.33. The number of rotatable bonds is 7. The van der Waals surface area contributed by atoms with Gasteiger partial charge in [0.15, 0.2) is 12.6 Å². The minimum Gasteiger partial charge on any atom is -0.394 e. The molecule has 55 heavy (non-hydrogen) atoms. The average Bonchev–Trinajstić information content (AvgIpc) is 3.47. The summed E-state index contributed by atoms with van der Waals surface area (Å²) in [5, 5.41) is 97.0. The Hall–Kier alpha value is -0.560. The predicted octanol–water partition coefficient (Wildman–Crippen LogP) is 0.582. The Morgan fingerprint density at radius 1 is 0.709 bits per heavy atom. The molecule has 3 heterocycles. The molecule has 14 heteroatoms. The molecular weight excluding hydrogens is 716 g/mol. The summed E-state index contributed by atoms with van der Waals surface area (Å²) >= 11 is 0. The lowest BCUT2D eigenvalue weighted by Gasteiger charge is -2.65. The fraction of sp³-hybridized carbons (Fsp3) is 1.00. The molecule has 21 atom stereocenters. The van der Waals surface area contributed by atoms with Crippen molar-refractivity contribution in [1.82, 2.24) is 0 Å². The monoisotopic (exact) mass is 784 g/mol. The van der Waals surface area contributed by atoms with E-state index in [9.17, 15) is 46.0 Å². The Labute approximate surface area is 324 Å². The Morgan fingerprint density at radius 3 is 2.05 bits per heavy atom. The van der Waals surface area contributed by atoms with Crippen molar-refractivity contribution in [2.75, 3.05) is 19.8 Å². The van der Waals surface area contributed by atoms with Gasteiger partial charge in [-0.2, -0.15) is 0 Å². The molecule has 0 aromatic rings. The van der Waals surface area contributed by atoms with Gasteiger partial charge >= 0.3 is 0 Å². The van der Waals surface area contributed by atoms with Crippen LogP contribution in [0.15, 0.2) is 0 Å². The molecule has 5 saturated carbocycles. The molecule has 0 radical (unpaired) electrons. The summed E-state index contributed by atoms with van der Waals surface area (Å²) in [4.78, 5) is 0. The first-order valence-corrected chi connectivity index (χ1v) is 20.8. The Bertz CT molecular complexity index is 1460. The molecule has 0 aromatic carbocycles. The van der Waals surface area contributed by atoms with Crippen molar-refractivity contribution in [2.45, 2.75) is 185 Å². The van der Waals surface area contributed by atoms with E-state index >= 15 is 0 Å². The topological polar surface area (TPSA) is 228 Å². The largest absolute Gasteiger partial charge is 0.394 e. The molecule has 3 aliphatic heterocycles.